The van der Waals surface area contributed by atoms with Gasteiger partial charge in [0.1, 0.15) is 0 Å². The van der Waals surface area contributed by atoms with Gasteiger partial charge in [-0.25, -0.2) is 4.79 Å². The molecule has 0 spiro atoms. The molecule has 0 saturated heterocycles. The lowest BCUT2D eigenvalue weighted by atomic mass is 10.1. The van der Waals surface area contributed by atoms with Crippen LogP contribution in [-0.4, -0.2) is 11.6 Å². The molecule has 4 nitrogen and oxygen atoms in total. The molecule has 15 heavy (non-hydrogen) atoms. The predicted molar refractivity (Wildman–Crippen MR) is 59.3 cm³/mol. The van der Waals surface area contributed by atoms with Crippen LogP contribution in [0.2, 0.25) is 0 Å². The summed E-state index contributed by atoms with van der Waals surface area (Å²) in [4.78, 5) is 17.3. The Morgan fingerprint density at radius 2 is 1.80 bits per heavy atom. The highest BCUT2D eigenvalue weighted by atomic mass is 16.7. The molecule has 1 aromatic carbocycles. The topological polar surface area (TPSA) is 55.6 Å². The first-order chi connectivity index (χ1) is 6.96. The smallest absolute Gasteiger partial charge is 0.356 e. The lowest BCUT2D eigenvalue weighted by Crippen LogP contribution is -2.47. The van der Waals surface area contributed by atoms with E-state index in [4.69, 9.17) is 5.90 Å². The molecule has 0 radical (unpaired) electrons. The largest absolute Gasteiger partial charge is 0.433 e. The van der Waals surface area contributed by atoms with Gasteiger partial charge in [-0.05, 0) is 32.9 Å². The van der Waals surface area contributed by atoms with E-state index in [0.29, 0.717) is 0 Å². The van der Waals surface area contributed by atoms with Crippen molar-refractivity contribution in [3.05, 3.63) is 30.3 Å². The summed E-state index contributed by atoms with van der Waals surface area (Å²) in [5.74, 6) is 4.92. The van der Waals surface area contributed by atoms with E-state index >= 15 is 0 Å². The Morgan fingerprint density at radius 1 is 1.27 bits per heavy atom. The van der Waals surface area contributed by atoms with Crippen LogP contribution in [0.4, 0.5) is 10.5 Å². The minimum Gasteiger partial charge on any atom is -0.356 e. The number of carbonyl (C=O) groups excluding carboxylic acids is 1. The van der Waals surface area contributed by atoms with E-state index in [1.807, 2.05) is 51.1 Å². The van der Waals surface area contributed by atoms with E-state index in [1.54, 1.807) is 0 Å². The lowest BCUT2D eigenvalue weighted by Gasteiger charge is -2.33. The molecule has 82 valence electrons. The van der Waals surface area contributed by atoms with Gasteiger partial charge in [0.15, 0.2) is 0 Å². The summed E-state index contributed by atoms with van der Waals surface area (Å²) in [6, 6.07) is 9.28. The third-order valence-corrected chi connectivity index (χ3v) is 1.97. The van der Waals surface area contributed by atoms with Crippen LogP contribution in [0.25, 0.3) is 0 Å². The van der Waals surface area contributed by atoms with Gasteiger partial charge in [-0.15, -0.1) is 0 Å². The van der Waals surface area contributed by atoms with Crippen molar-refractivity contribution in [2.24, 2.45) is 5.90 Å². The molecule has 0 saturated carbocycles. The Hall–Kier alpha value is -1.55. The maximum atomic E-state index is 11.5. The molecule has 1 amide bonds. The number of para-hydroxylation sites is 1. The van der Waals surface area contributed by atoms with Crippen molar-refractivity contribution >= 4 is 11.8 Å². The molecule has 1 rings (SSSR count). The Bertz CT molecular complexity index is 330. The summed E-state index contributed by atoms with van der Waals surface area (Å²) in [7, 11) is 0. The Balaban J connectivity index is 3.08. The van der Waals surface area contributed by atoms with Crippen molar-refractivity contribution in [3.8, 4) is 0 Å². The number of hydrogen-bond acceptors (Lipinski definition) is 3. The van der Waals surface area contributed by atoms with Crippen LogP contribution in [-0.2, 0) is 4.84 Å². The number of nitrogens with zero attached hydrogens (tertiary/aromatic N) is 1. The average Bonchev–Trinajstić information content (AvgIpc) is 2.17. The number of rotatable bonds is 1. The molecule has 0 heterocycles. The van der Waals surface area contributed by atoms with Gasteiger partial charge in [-0.1, -0.05) is 18.2 Å². The summed E-state index contributed by atoms with van der Waals surface area (Å²) in [6.45, 7) is 5.74. The fourth-order valence-electron chi connectivity index (χ4n) is 1.40. The van der Waals surface area contributed by atoms with Crippen molar-refractivity contribution in [1.29, 1.82) is 0 Å². The van der Waals surface area contributed by atoms with Crippen molar-refractivity contribution in [2.45, 2.75) is 26.3 Å². The van der Waals surface area contributed by atoms with E-state index in [-0.39, 0.29) is 5.54 Å². The van der Waals surface area contributed by atoms with Crippen LogP contribution in [0.3, 0.4) is 0 Å². The van der Waals surface area contributed by atoms with Crippen molar-refractivity contribution in [2.75, 3.05) is 4.90 Å². The third kappa shape index (κ3) is 2.70. The molecule has 2 N–H and O–H groups in total. The third-order valence-electron chi connectivity index (χ3n) is 1.97. The first kappa shape index (κ1) is 11.5. The average molecular weight is 208 g/mol. The van der Waals surface area contributed by atoms with Gasteiger partial charge in [0.2, 0.25) is 0 Å². The van der Waals surface area contributed by atoms with Gasteiger partial charge < -0.3 is 4.84 Å². The van der Waals surface area contributed by atoms with E-state index < -0.39 is 6.09 Å². The second kappa shape index (κ2) is 4.31. The molecule has 0 bridgehead atoms. The fourth-order valence-corrected chi connectivity index (χ4v) is 1.40. The van der Waals surface area contributed by atoms with Crippen LogP contribution in [0.1, 0.15) is 20.8 Å². The van der Waals surface area contributed by atoms with Crippen LogP contribution in [0.5, 0.6) is 0 Å². The molecule has 0 aliphatic rings. The number of hydrogen-bond donors (Lipinski definition) is 1. The molecule has 1 aromatic rings. The van der Waals surface area contributed by atoms with Crippen LogP contribution >= 0.6 is 0 Å². The van der Waals surface area contributed by atoms with E-state index in [0.717, 1.165) is 5.69 Å². The monoisotopic (exact) mass is 208 g/mol. The molecule has 0 atom stereocenters. The summed E-state index contributed by atoms with van der Waals surface area (Å²) in [6.07, 6.45) is -0.561. The normalized spacial score (nSPS) is 10.9. The molecular formula is C11H16N2O2. The quantitative estimate of drug-likeness (QED) is 0.720. The minimum absolute atomic E-state index is 0.377. The Labute approximate surface area is 89.6 Å². The number of anilines is 1. The summed E-state index contributed by atoms with van der Waals surface area (Å²) >= 11 is 0. The molecule has 0 aliphatic heterocycles. The van der Waals surface area contributed by atoms with Crippen LogP contribution in [0, 0.1) is 0 Å². The van der Waals surface area contributed by atoms with Gasteiger partial charge >= 0.3 is 6.09 Å². The first-order valence-electron chi connectivity index (χ1n) is 4.73. The highest BCUT2D eigenvalue weighted by Gasteiger charge is 2.28. The Kier molecular flexibility index (Phi) is 3.31. The molecule has 0 aromatic heterocycles. The SMILES string of the molecule is CC(C)(C)N(C(=O)ON)c1ccccc1. The lowest BCUT2D eigenvalue weighted by molar-refractivity contribution is 0.150. The van der Waals surface area contributed by atoms with Gasteiger partial charge in [0.05, 0.1) is 0 Å². The number of nitrogens with two attached hydrogens (primary N) is 1. The molecule has 4 heteroatoms. The van der Waals surface area contributed by atoms with Crippen molar-refractivity contribution in [1.82, 2.24) is 0 Å². The summed E-state index contributed by atoms with van der Waals surface area (Å²) in [5.41, 5.74) is 0.387. The zero-order chi connectivity index (χ0) is 11.5. The van der Waals surface area contributed by atoms with Gasteiger partial charge in [0.25, 0.3) is 0 Å². The second-order valence-electron chi connectivity index (χ2n) is 4.23. The zero-order valence-electron chi connectivity index (χ0n) is 9.23. The summed E-state index contributed by atoms with van der Waals surface area (Å²) in [5, 5.41) is 0. The van der Waals surface area contributed by atoms with Gasteiger partial charge in [-0.3, -0.25) is 4.90 Å². The van der Waals surface area contributed by atoms with E-state index in [1.165, 1.54) is 4.90 Å². The number of amides is 1. The molecule has 0 fully saturated rings. The first-order valence-corrected chi connectivity index (χ1v) is 4.73. The fraction of sp³-hybridized carbons (Fsp3) is 0.364. The molecule has 0 aliphatic carbocycles. The zero-order valence-corrected chi connectivity index (χ0v) is 9.23. The molecule has 0 unspecified atom stereocenters. The Morgan fingerprint density at radius 3 is 2.20 bits per heavy atom. The van der Waals surface area contributed by atoms with Gasteiger partial charge in [-0.2, -0.15) is 5.90 Å². The van der Waals surface area contributed by atoms with Crippen molar-refractivity contribution in [3.63, 3.8) is 0 Å². The highest BCUT2D eigenvalue weighted by molar-refractivity contribution is 5.88. The van der Waals surface area contributed by atoms with Crippen LogP contribution < -0.4 is 10.8 Å². The van der Waals surface area contributed by atoms with E-state index in [2.05, 4.69) is 4.84 Å². The number of carbonyl (C=O) groups is 1. The minimum atomic E-state index is -0.561. The maximum Gasteiger partial charge on any atom is 0.433 e. The highest BCUT2D eigenvalue weighted by Crippen LogP contribution is 2.23. The van der Waals surface area contributed by atoms with Crippen molar-refractivity contribution < 1.29 is 9.63 Å². The van der Waals surface area contributed by atoms with Crippen LogP contribution in [0.15, 0.2) is 30.3 Å². The van der Waals surface area contributed by atoms with Gasteiger partial charge in [0, 0.05) is 11.2 Å². The standard InChI is InChI=1S/C11H16N2O2/c1-11(2,3)13(10(14)15-12)9-7-5-4-6-8-9/h4-8H,12H2,1-3H3. The molecular weight excluding hydrogens is 192 g/mol. The predicted octanol–water partition coefficient (Wildman–Crippen LogP) is 2.30. The number of benzene rings is 1. The summed E-state index contributed by atoms with van der Waals surface area (Å²) < 4.78 is 0. The maximum absolute atomic E-state index is 11.5. The van der Waals surface area contributed by atoms with E-state index in [9.17, 15) is 4.79 Å². The second-order valence-corrected chi connectivity index (χ2v) is 4.23.